The van der Waals surface area contributed by atoms with Crippen LogP contribution >= 0.6 is 0 Å². The van der Waals surface area contributed by atoms with Crippen LogP contribution in [0.25, 0.3) is 11.1 Å². The Morgan fingerprint density at radius 2 is 1.48 bits per heavy atom. The summed E-state index contributed by atoms with van der Waals surface area (Å²) in [5, 5.41) is 12.0. The normalized spacial score (nSPS) is 12.5. The molecule has 1 aliphatic carbocycles. The minimum atomic E-state index is -1.30. The van der Waals surface area contributed by atoms with Gasteiger partial charge in [-0.25, -0.2) is 9.59 Å². The molecule has 0 heterocycles. The Labute approximate surface area is 193 Å². The fraction of sp³-hybridized carbons (Fsp3) is 0.259. The zero-order chi connectivity index (χ0) is 23.4. The molecule has 2 N–H and O–H groups in total. The molecule has 0 unspecified atom stereocenters. The maximum atomic E-state index is 12.3. The molecule has 3 aromatic rings. The number of carboxylic acids is 1. The van der Waals surface area contributed by atoms with Crippen LogP contribution in [0.3, 0.4) is 0 Å². The molecule has 0 aliphatic heterocycles. The molecule has 0 atom stereocenters. The van der Waals surface area contributed by atoms with Crippen molar-refractivity contribution in [1.29, 1.82) is 0 Å². The third-order valence-corrected chi connectivity index (χ3v) is 5.84. The number of rotatable bonds is 8. The summed E-state index contributed by atoms with van der Waals surface area (Å²) < 4.78 is 11.1. The predicted octanol–water partition coefficient (Wildman–Crippen LogP) is 5.01. The second-order valence-corrected chi connectivity index (χ2v) is 8.56. The lowest BCUT2D eigenvalue weighted by molar-refractivity contribution is -0.152. The van der Waals surface area contributed by atoms with Gasteiger partial charge < -0.3 is 19.9 Å². The molecule has 1 amide bonds. The molecule has 0 radical (unpaired) electrons. The van der Waals surface area contributed by atoms with Crippen LogP contribution < -0.4 is 10.1 Å². The highest BCUT2D eigenvalue weighted by Gasteiger charge is 2.30. The molecule has 4 rings (SSSR count). The van der Waals surface area contributed by atoms with Crippen LogP contribution in [0.2, 0.25) is 0 Å². The summed E-state index contributed by atoms with van der Waals surface area (Å²) in [5.74, 6) is -0.514. The largest absolute Gasteiger partial charge is 0.478 e. The van der Waals surface area contributed by atoms with E-state index < -0.39 is 17.7 Å². The fourth-order valence-corrected chi connectivity index (χ4v) is 4.02. The highest BCUT2D eigenvalue weighted by atomic mass is 16.5. The first-order valence-electron chi connectivity index (χ1n) is 11.0. The summed E-state index contributed by atoms with van der Waals surface area (Å²) in [7, 11) is 0. The maximum absolute atomic E-state index is 12.3. The van der Waals surface area contributed by atoms with Crippen molar-refractivity contribution in [1.82, 2.24) is 5.32 Å². The molecule has 0 aromatic heterocycles. The fourth-order valence-electron chi connectivity index (χ4n) is 4.02. The molecular formula is C27H27NO5. The van der Waals surface area contributed by atoms with E-state index in [2.05, 4.69) is 29.6 Å². The number of hydrogen-bond donors (Lipinski definition) is 2. The molecule has 3 aromatic carbocycles. The summed E-state index contributed by atoms with van der Waals surface area (Å²) in [6, 6.07) is 23.6. The SMILES string of the molecule is CC(C)(Oc1ccc(CCNC(=O)OCC2c3ccccc3-c3ccccc32)cc1)C(=O)O. The van der Waals surface area contributed by atoms with Crippen LogP contribution in [-0.4, -0.2) is 35.9 Å². The van der Waals surface area contributed by atoms with E-state index in [1.54, 1.807) is 12.1 Å². The molecule has 0 bridgehead atoms. The average molecular weight is 446 g/mol. The topological polar surface area (TPSA) is 84.9 Å². The number of nitrogens with one attached hydrogen (secondary N) is 1. The van der Waals surface area contributed by atoms with Crippen molar-refractivity contribution in [2.45, 2.75) is 31.8 Å². The lowest BCUT2D eigenvalue weighted by atomic mass is 9.98. The van der Waals surface area contributed by atoms with Gasteiger partial charge in [0, 0.05) is 12.5 Å². The quantitative estimate of drug-likeness (QED) is 0.509. The summed E-state index contributed by atoms with van der Waals surface area (Å²) in [5.41, 5.74) is 4.45. The second kappa shape index (κ2) is 9.36. The molecule has 6 nitrogen and oxygen atoms in total. The summed E-state index contributed by atoms with van der Waals surface area (Å²) in [4.78, 5) is 23.5. The molecule has 0 fully saturated rings. The molecule has 0 spiro atoms. The number of carbonyl (C=O) groups excluding carboxylic acids is 1. The third kappa shape index (κ3) is 5.00. The molecular weight excluding hydrogens is 418 g/mol. The van der Waals surface area contributed by atoms with Crippen molar-refractivity contribution >= 4 is 12.1 Å². The van der Waals surface area contributed by atoms with Gasteiger partial charge in [-0.05, 0) is 60.2 Å². The van der Waals surface area contributed by atoms with E-state index in [1.807, 2.05) is 36.4 Å². The summed E-state index contributed by atoms with van der Waals surface area (Å²) in [6.45, 7) is 3.71. The van der Waals surface area contributed by atoms with Crippen LogP contribution in [0.4, 0.5) is 4.79 Å². The number of ether oxygens (including phenoxy) is 2. The molecule has 6 heteroatoms. The number of fused-ring (bicyclic) bond motifs is 3. The van der Waals surface area contributed by atoms with E-state index in [4.69, 9.17) is 14.6 Å². The Morgan fingerprint density at radius 1 is 0.909 bits per heavy atom. The number of benzene rings is 3. The number of carboxylic acid groups (broad SMARTS) is 1. The van der Waals surface area contributed by atoms with Gasteiger partial charge >= 0.3 is 12.1 Å². The predicted molar refractivity (Wildman–Crippen MR) is 126 cm³/mol. The lowest BCUT2D eigenvalue weighted by Gasteiger charge is -2.21. The van der Waals surface area contributed by atoms with Crippen molar-refractivity contribution in [2.75, 3.05) is 13.2 Å². The van der Waals surface area contributed by atoms with Gasteiger partial charge in [0.15, 0.2) is 5.60 Å². The van der Waals surface area contributed by atoms with Crippen molar-refractivity contribution < 1.29 is 24.2 Å². The van der Waals surface area contributed by atoms with Crippen molar-refractivity contribution in [2.24, 2.45) is 0 Å². The third-order valence-electron chi connectivity index (χ3n) is 5.84. The van der Waals surface area contributed by atoms with E-state index in [0.717, 1.165) is 5.56 Å². The van der Waals surface area contributed by atoms with E-state index in [0.29, 0.717) is 18.7 Å². The van der Waals surface area contributed by atoms with Gasteiger partial charge in [-0.1, -0.05) is 60.7 Å². The molecule has 170 valence electrons. The highest BCUT2D eigenvalue weighted by Crippen LogP contribution is 2.44. The smallest absolute Gasteiger partial charge is 0.407 e. The van der Waals surface area contributed by atoms with E-state index >= 15 is 0 Å². The summed E-state index contributed by atoms with van der Waals surface area (Å²) >= 11 is 0. The number of carbonyl (C=O) groups is 2. The highest BCUT2D eigenvalue weighted by molar-refractivity contribution is 5.79. The van der Waals surface area contributed by atoms with Crippen LogP contribution in [0, 0.1) is 0 Å². The number of alkyl carbamates (subject to hydrolysis) is 1. The average Bonchev–Trinajstić information content (AvgIpc) is 3.12. The van der Waals surface area contributed by atoms with E-state index in [-0.39, 0.29) is 12.5 Å². The minimum Gasteiger partial charge on any atom is -0.478 e. The van der Waals surface area contributed by atoms with Crippen molar-refractivity contribution in [3.8, 4) is 16.9 Å². The Bertz CT molecular complexity index is 1110. The van der Waals surface area contributed by atoms with Crippen LogP contribution in [-0.2, 0) is 16.0 Å². The second-order valence-electron chi connectivity index (χ2n) is 8.56. The first kappa shape index (κ1) is 22.4. The zero-order valence-electron chi connectivity index (χ0n) is 18.7. The van der Waals surface area contributed by atoms with Gasteiger partial charge in [-0.15, -0.1) is 0 Å². The van der Waals surface area contributed by atoms with Gasteiger partial charge in [0.05, 0.1) is 0 Å². The number of hydrogen-bond acceptors (Lipinski definition) is 4. The van der Waals surface area contributed by atoms with Gasteiger partial charge in [-0.2, -0.15) is 0 Å². The summed E-state index contributed by atoms with van der Waals surface area (Å²) in [6.07, 6.45) is 0.173. The first-order valence-corrected chi connectivity index (χ1v) is 11.0. The van der Waals surface area contributed by atoms with Crippen molar-refractivity contribution in [3.63, 3.8) is 0 Å². The Morgan fingerprint density at radius 3 is 2.06 bits per heavy atom. The number of amides is 1. The monoisotopic (exact) mass is 445 g/mol. The standard InChI is InChI=1S/C27H27NO5/c1-27(2,25(29)30)33-19-13-11-18(12-14-19)15-16-28-26(31)32-17-24-22-9-5-3-7-20(22)21-8-4-6-10-23(21)24/h3-14,24H,15-17H2,1-2H3,(H,28,31)(H,29,30). The Balaban J connectivity index is 1.27. The molecule has 0 saturated heterocycles. The molecule has 33 heavy (non-hydrogen) atoms. The van der Waals surface area contributed by atoms with Gasteiger partial charge in [0.25, 0.3) is 0 Å². The van der Waals surface area contributed by atoms with E-state index in [9.17, 15) is 9.59 Å². The van der Waals surface area contributed by atoms with Crippen LogP contribution in [0.5, 0.6) is 5.75 Å². The Hall–Kier alpha value is -3.80. The maximum Gasteiger partial charge on any atom is 0.407 e. The van der Waals surface area contributed by atoms with E-state index in [1.165, 1.54) is 36.1 Å². The van der Waals surface area contributed by atoms with Crippen molar-refractivity contribution in [3.05, 3.63) is 89.5 Å². The lowest BCUT2D eigenvalue weighted by Crippen LogP contribution is -2.37. The Kier molecular flexibility index (Phi) is 6.36. The first-order chi connectivity index (χ1) is 15.8. The van der Waals surface area contributed by atoms with Gasteiger partial charge in [0.1, 0.15) is 12.4 Å². The van der Waals surface area contributed by atoms with Gasteiger partial charge in [0.2, 0.25) is 0 Å². The van der Waals surface area contributed by atoms with Crippen LogP contribution in [0.15, 0.2) is 72.8 Å². The minimum absolute atomic E-state index is 0.0331. The zero-order valence-corrected chi connectivity index (χ0v) is 18.7. The van der Waals surface area contributed by atoms with Gasteiger partial charge in [-0.3, -0.25) is 0 Å². The molecule has 1 aliphatic rings. The molecule has 0 saturated carbocycles. The number of aliphatic carboxylic acids is 1. The van der Waals surface area contributed by atoms with Crippen LogP contribution in [0.1, 0.15) is 36.5 Å².